The van der Waals surface area contributed by atoms with Crippen molar-refractivity contribution < 1.29 is 14.6 Å². The molecule has 1 heterocycles. The molecule has 0 bridgehead atoms. The van der Waals surface area contributed by atoms with Crippen molar-refractivity contribution in [3.05, 3.63) is 11.9 Å². The van der Waals surface area contributed by atoms with Crippen molar-refractivity contribution in [3.63, 3.8) is 0 Å². The summed E-state index contributed by atoms with van der Waals surface area (Å²) in [7, 11) is 3.01. The Kier molecular flexibility index (Phi) is 2.22. The zero-order chi connectivity index (χ0) is 11.1. The molecule has 0 spiro atoms. The van der Waals surface area contributed by atoms with E-state index in [0.29, 0.717) is 5.69 Å². The van der Waals surface area contributed by atoms with E-state index in [1.54, 1.807) is 17.9 Å². The van der Waals surface area contributed by atoms with Gasteiger partial charge in [-0.25, -0.2) is 4.79 Å². The molecule has 1 aromatic rings. The normalized spacial score (nSPS) is 19.7. The van der Waals surface area contributed by atoms with Crippen molar-refractivity contribution in [2.75, 3.05) is 7.11 Å². The molecule has 1 atom stereocenters. The first-order valence-corrected chi connectivity index (χ1v) is 4.73. The van der Waals surface area contributed by atoms with Gasteiger partial charge in [-0.3, -0.25) is 4.68 Å². The van der Waals surface area contributed by atoms with Crippen LogP contribution in [0.5, 0.6) is 0 Å². The predicted molar refractivity (Wildman–Crippen MR) is 49.9 cm³/mol. The number of carbonyl (C=O) groups is 1. The fourth-order valence-corrected chi connectivity index (χ4v) is 1.72. The Morgan fingerprint density at radius 2 is 2.40 bits per heavy atom. The Morgan fingerprint density at radius 3 is 2.80 bits per heavy atom. The second-order valence-corrected chi connectivity index (χ2v) is 3.86. The van der Waals surface area contributed by atoms with Gasteiger partial charge < -0.3 is 9.84 Å². The summed E-state index contributed by atoms with van der Waals surface area (Å²) in [5.74, 6) is -0.613. The van der Waals surface area contributed by atoms with Crippen LogP contribution in [0.1, 0.15) is 18.5 Å². The fourth-order valence-electron chi connectivity index (χ4n) is 1.72. The van der Waals surface area contributed by atoms with E-state index in [1.807, 2.05) is 0 Å². The molecule has 2 rings (SSSR count). The van der Waals surface area contributed by atoms with Crippen LogP contribution in [0.3, 0.4) is 0 Å². The molecular formula is C9H13N3O3. The summed E-state index contributed by atoms with van der Waals surface area (Å²) >= 11 is 0. The number of nitrogens with zero attached hydrogens (tertiary/aromatic N) is 3. The number of aryl methyl sites for hydroxylation is 1. The maximum Gasteiger partial charge on any atom is 0.335 e. The van der Waals surface area contributed by atoms with E-state index < -0.39 is 17.5 Å². The van der Waals surface area contributed by atoms with Gasteiger partial charge in [0.1, 0.15) is 0 Å². The molecule has 1 unspecified atom stereocenters. The standard InChI is InChI=1S/C9H13N3O3/c1-12-5-6(10-11-12)9(3-4-9)7(13)8(14)15-2/h5,7,13H,3-4H2,1-2H3. The van der Waals surface area contributed by atoms with E-state index in [1.165, 1.54) is 7.11 Å². The summed E-state index contributed by atoms with van der Waals surface area (Å²) in [6.07, 6.45) is 2.06. The van der Waals surface area contributed by atoms with Crippen molar-refractivity contribution in [1.82, 2.24) is 15.0 Å². The number of hydrogen-bond donors (Lipinski definition) is 1. The molecule has 0 radical (unpaired) electrons. The van der Waals surface area contributed by atoms with Gasteiger partial charge in [0.15, 0.2) is 6.10 Å². The average molecular weight is 211 g/mol. The first-order valence-electron chi connectivity index (χ1n) is 4.73. The van der Waals surface area contributed by atoms with E-state index in [4.69, 9.17) is 0 Å². The summed E-state index contributed by atoms with van der Waals surface area (Å²) in [5.41, 5.74) is 0.0874. The third kappa shape index (κ3) is 1.50. The number of hydrogen-bond acceptors (Lipinski definition) is 5. The molecule has 1 N–H and O–H groups in total. The Bertz CT molecular complexity index is 384. The van der Waals surface area contributed by atoms with Crippen LogP contribution < -0.4 is 0 Å². The van der Waals surface area contributed by atoms with Gasteiger partial charge in [-0.15, -0.1) is 5.10 Å². The minimum atomic E-state index is -1.14. The SMILES string of the molecule is COC(=O)C(O)C1(c2cn(C)nn2)CC1. The highest BCUT2D eigenvalue weighted by Crippen LogP contribution is 2.50. The van der Waals surface area contributed by atoms with Gasteiger partial charge in [0.2, 0.25) is 0 Å². The number of aliphatic hydroxyl groups excluding tert-OH is 1. The van der Waals surface area contributed by atoms with Gasteiger partial charge in [0.25, 0.3) is 0 Å². The van der Waals surface area contributed by atoms with Gasteiger partial charge in [0.05, 0.1) is 18.2 Å². The number of esters is 1. The highest BCUT2D eigenvalue weighted by Gasteiger charge is 2.55. The average Bonchev–Trinajstić information content (AvgIpc) is 2.94. The van der Waals surface area contributed by atoms with E-state index in [9.17, 15) is 9.90 Å². The number of aromatic nitrogens is 3. The summed E-state index contributed by atoms with van der Waals surface area (Å²) in [6.45, 7) is 0. The van der Waals surface area contributed by atoms with Crippen LogP contribution in [0.4, 0.5) is 0 Å². The number of ether oxygens (including phenoxy) is 1. The molecule has 0 amide bonds. The van der Waals surface area contributed by atoms with Gasteiger partial charge >= 0.3 is 5.97 Å². The second-order valence-electron chi connectivity index (χ2n) is 3.86. The fraction of sp³-hybridized carbons (Fsp3) is 0.667. The van der Waals surface area contributed by atoms with Crippen molar-refractivity contribution in [1.29, 1.82) is 0 Å². The van der Waals surface area contributed by atoms with E-state index >= 15 is 0 Å². The van der Waals surface area contributed by atoms with Crippen LogP contribution in [0, 0.1) is 0 Å². The molecule has 82 valence electrons. The lowest BCUT2D eigenvalue weighted by molar-refractivity contribution is -0.152. The number of rotatable bonds is 3. The maximum absolute atomic E-state index is 11.3. The molecule has 1 aliphatic carbocycles. The largest absolute Gasteiger partial charge is 0.467 e. The van der Waals surface area contributed by atoms with Crippen molar-refractivity contribution in [2.45, 2.75) is 24.4 Å². The van der Waals surface area contributed by atoms with Crippen LogP contribution in [-0.4, -0.2) is 39.3 Å². The van der Waals surface area contributed by atoms with Crippen LogP contribution in [-0.2, 0) is 22.0 Å². The van der Waals surface area contributed by atoms with E-state index in [0.717, 1.165) is 12.8 Å². The number of aliphatic hydroxyl groups is 1. The quantitative estimate of drug-likeness (QED) is 0.674. The lowest BCUT2D eigenvalue weighted by Gasteiger charge is -2.16. The zero-order valence-electron chi connectivity index (χ0n) is 8.67. The molecule has 1 aliphatic rings. The van der Waals surface area contributed by atoms with Crippen LogP contribution in [0.15, 0.2) is 6.20 Å². The monoisotopic (exact) mass is 211 g/mol. The van der Waals surface area contributed by atoms with Gasteiger partial charge in [-0.2, -0.15) is 0 Å². The summed E-state index contributed by atoms with van der Waals surface area (Å²) in [4.78, 5) is 11.3. The van der Waals surface area contributed by atoms with Crippen molar-refractivity contribution >= 4 is 5.97 Å². The Labute approximate surface area is 86.8 Å². The van der Waals surface area contributed by atoms with Crippen LogP contribution in [0.2, 0.25) is 0 Å². The third-order valence-corrected chi connectivity index (χ3v) is 2.85. The maximum atomic E-state index is 11.3. The van der Waals surface area contributed by atoms with Gasteiger partial charge in [-0.1, -0.05) is 5.21 Å². The lowest BCUT2D eigenvalue weighted by atomic mass is 9.96. The molecule has 1 aromatic heterocycles. The molecule has 0 aliphatic heterocycles. The number of methoxy groups -OCH3 is 1. The van der Waals surface area contributed by atoms with Crippen molar-refractivity contribution in [2.24, 2.45) is 7.05 Å². The van der Waals surface area contributed by atoms with Gasteiger partial charge in [0, 0.05) is 13.2 Å². The first kappa shape index (κ1) is 10.1. The molecule has 6 heteroatoms. The Hall–Kier alpha value is -1.43. The summed E-state index contributed by atoms with van der Waals surface area (Å²) in [5, 5.41) is 17.5. The molecule has 1 saturated carbocycles. The minimum absolute atomic E-state index is 0.568. The minimum Gasteiger partial charge on any atom is -0.467 e. The smallest absolute Gasteiger partial charge is 0.335 e. The van der Waals surface area contributed by atoms with Crippen LogP contribution in [0.25, 0.3) is 0 Å². The highest BCUT2D eigenvalue weighted by molar-refractivity contribution is 5.77. The molecule has 0 aromatic carbocycles. The lowest BCUT2D eigenvalue weighted by Crippen LogP contribution is -2.35. The molecule has 6 nitrogen and oxygen atoms in total. The van der Waals surface area contributed by atoms with Gasteiger partial charge in [-0.05, 0) is 12.8 Å². The third-order valence-electron chi connectivity index (χ3n) is 2.85. The van der Waals surface area contributed by atoms with Crippen molar-refractivity contribution in [3.8, 4) is 0 Å². The van der Waals surface area contributed by atoms with E-state index in [2.05, 4.69) is 15.0 Å². The Morgan fingerprint density at radius 1 is 1.73 bits per heavy atom. The Balaban J connectivity index is 2.24. The predicted octanol–water partition coefficient (Wildman–Crippen LogP) is -0.619. The first-order chi connectivity index (χ1) is 7.10. The second kappa shape index (κ2) is 3.30. The summed E-state index contributed by atoms with van der Waals surface area (Å²) in [6, 6.07) is 0. The van der Waals surface area contributed by atoms with Crippen LogP contribution >= 0.6 is 0 Å². The highest BCUT2D eigenvalue weighted by atomic mass is 16.5. The molecule has 0 saturated heterocycles. The molecule has 1 fully saturated rings. The molecule has 15 heavy (non-hydrogen) atoms. The topological polar surface area (TPSA) is 77.2 Å². The zero-order valence-corrected chi connectivity index (χ0v) is 8.67. The molecular weight excluding hydrogens is 198 g/mol. The number of carbonyl (C=O) groups excluding carboxylic acids is 1. The van der Waals surface area contributed by atoms with E-state index in [-0.39, 0.29) is 0 Å². The summed E-state index contributed by atoms with van der Waals surface area (Å²) < 4.78 is 6.08.